The number of carboxylic acid groups (broad SMARTS) is 2. The van der Waals surface area contributed by atoms with Gasteiger partial charge >= 0.3 is 18.0 Å². The lowest BCUT2D eigenvalue weighted by Gasteiger charge is -2.20. The van der Waals surface area contributed by atoms with Gasteiger partial charge in [0.2, 0.25) is 0 Å². The summed E-state index contributed by atoms with van der Waals surface area (Å²) in [6.07, 6.45) is 1.50. The van der Waals surface area contributed by atoms with Gasteiger partial charge in [-0.3, -0.25) is 4.79 Å². The molecule has 0 saturated heterocycles. The molecular weight excluding hydrogens is 216 g/mol. The molecule has 2 atom stereocenters. The van der Waals surface area contributed by atoms with Crippen LogP contribution in [0.4, 0.5) is 4.79 Å². The first-order valence-corrected chi connectivity index (χ1v) is 4.91. The Hall–Kier alpha value is -1.79. The zero-order chi connectivity index (χ0) is 12.7. The van der Waals surface area contributed by atoms with Crippen molar-refractivity contribution in [2.75, 3.05) is 0 Å². The lowest BCUT2D eigenvalue weighted by atomic mass is 9.94. The Balaban J connectivity index is 4.72. The standard InChI is InChI=1S/C9H16N2O5/c1-2-3-4-5(7(12)13)6(8(14)15)11-9(10)16/h5-6H,2-4H2,1H3,(H,12,13)(H,14,15)(H3,10,11,16)/t5-,6+/m0/s1. The van der Waals surface area contributed by atoms with Gasteiger partial charge < -0.3 is 21.3 Å². The van der Waals surface area contributed by atoms with E-state index in [1.807, 2.05) is 12.2 Å². The number of urea groups is 1. The number of aliphatic carboxylic acids is 2. The molecular formula is C9H16N2O5. The first-order chi connectivity index (χ1) is 7.40. The van der Waals surface area contributed by atoms with Crippen molar-refractivity contribution < 1.29 is 24.6 Å². The SMILES string of the molecule is CCCC[C@H](C(=O)O)[C@@H](NC(N)=O)C(=O)O. The van der Waals surface area contributed by atoms with E-state index in [0.29, 0.717) is 6.42 Å². The minimum absolute atomic E-state index is 0.184. The summed E-state index contributed by atoms with van der Waals surface area (Å²) in [7, 11) is 0. The van der Waals surface area contributed by atoms with Crippen LogP contribution >= 0.6 is 0 Å². The normalized spacial score (nSPS) is 13.8. The quantitative estimate of drug-likeness (QED) is 0.490. The number of carbonyl (C=O) groups is 3. The van der Waals surface area contributed by atoms with Crippen LogP contribution in [0.2, 0.25) is 0 Å². The van der Waals surface area contributed by atoms with Crippen molar-refractivity contribution >= 4 is 18.0 Å². The van der Waals surface area contributed by atoms with Crippen LogP contribution in [0.25, 0.3) is 0 Å². The van der Waals surface area contributed by atoms with Gasteiger partial charge in [-0.1, -0.05) is 19.8 Å². The van der Waals surface area contributed by atoms with Gasteiger partial charge in [-0.15, -0.1) is 0 Å². The topological polar surface area (TPSA) is 130 Å². The molecule has 0 fully saturated rings. The molecule has 0 rings (SSSR count). The van der Waals surface area contributed by atoms with E-state index in [4.69, 9.17) is 15.9 Å². The number of hydrogen-bond acceptors (Lipinski definition) is 3. The summed E-state index contributed by atoms with van der Waals surface area (Å²) in [4.78, 5) is 32.3. The maximum absolute atomic E-state index is 10.9. The molecule has 0 saturated carbocycles. The van der Waals surface area contributed by atoms with Crippen molar-refractivity contribution in [3.05, 3.63) is 0 Å². The smallest absolute Gasteiger partial charge is 0.327 e. The Kier molecular flexibility index (Phi) is 5.91. The first kappa shape index (κ1) is 14.2. The van der Waals surface area contributed by atoms with E-state index >= 15 is 0 Å². The summed E-state index contributed by atoms with van der Waals surface area (Å²) in [5.41, 5.74) is 4.79. The van der Waals surface area contributed by atoms with E-state index in [0.717, 1.165) is 6.42 Å². The number of nitrogens with two attached hydrogens (primary N) is 1. The van der Waals surface area contributed by atoms with Crippen molar-refractivity contribution in [2.24, 2.45) is 11.7 Å². The highest BCUT2D eigenvalue weighted by molar-refractivity contribution is 5.86. The fourth-order valence-electron chi connectivity index (χ4n) is 1.34. The van der Waals surface area contributed by atoms with Crippen LogP contribution in [0.3, 0.4) is 0 Å². The van der Waals surface area contributed by atoms with Crippen LogP contribution in [0.1, 0.15) is 26.2 Å². The van der Waals surface area contributed by atoms with Crippen LogP contribution in [0, 0.1) is 5.92 Å². The molecule has 0 heterocycles. The summed E-state index contributed by atoms with van der Waals surface area (Å²) < 4.78 is 0. The first-order valence-electron chi connectivity index (χ1n) is 4.91. The summed E-state index contributed by atoms with van der Waals surface area (Å²) in [6, 6.07) is -2.53. The van der Waals surface area contributed by atoms with Crippen LogP contribution < -0.4 is 11.1 Å². The number of unbranched alkanes of at least 4 members (excludes halogenated alkanes) is 1. The van der Waals surface area contributed by atoms with E-state index in [9.17, 15) is 14.4 Å². The summed E-state index contributed by atoms with van der Waals surface area (Å²) >= 11 is 0. The minimum atomic E-state index is -1.48. The third-order valence-electron chi connectivity index (χ3n) is 2.15. The number of primary amides is 1. The van der Waals surface area contributed by atoms with Gasteiger partial charge in [0.15, 0.2) is 0 Å². The van der Waals surface area contributed by atoms with Crippen LogP contribution in [-0.4, -0.2) is 34.2 Å². The highest BCUT2D eigenvalue weighted by Crippen LogP contribution is 2.14. The summed E-state index contributed by atoms with van der Waals surface area (Å²) in [5, 5.41) is 19.6. The molecule has 0 aliphatic carbocycles. The predicted octanol–water partition coefficient (Wildman–Crippen LogP) is -0.00110. The number of hydrogen-bond donors (Lipinski definition) is 4. The Morgan fingerprint density at radius 2 is 1.81 bits per heavy atom. The lowest BCUT2D eigenvalue weighted by Crippen LogP contribution is -2.50. The Labute approximate surface area is 92.6 Å². The van der Waals surface area contributed by atoms with E-state index in [2.05, 4.69) is 0 Å². The van der Waals surface area contributed by atoms with Gasteiger partial charge in [0.05, 0.1) is 5.92 Å². The average Bonchev–Trinajstić information content (AvgIpc) is 2.15. The van der Waals surface area contributed by atoms with Crippen molar-refractivity contribution in [1.82, 2.24) is 5.32 Å². The van der Waals surface area contributed by atoms with E-state index in [1.54, 1.807) is 0 Å². The van der Waals surface area contributed by atoms with Gasteiger partial charge in [-0.25, -0.2) is 9.59 Å². The molecule has 2 amide bonds. The molecule has 5 N–H and O–H groups in total. The second-order valence-electron chi connectivity index (χ2n) is 3.41. The van der Waals surface area contributed by atoms with Crippen LogP contribution in [0.5, 0.6) is 0 Å². The van der Waals surface area contributed by atoms with E-state index in [1.165, 1.54) is 0 Å². The fourth-order valence-corrected chi connectivity index (χ4v) is 1.34. The average molecular weight is 232 g/mol. The number of carboxylic acids is 2. The van der Waals surface area contributed by atoms with Gasteiger partial charge in [-0.2, -0.15) is 0 Å². The third kappa shape index (κ3) is 4.63. The third-order valence-corrected chi connectivity index (χ3v) is 2.15. The minimum Gasteiger partial charge on any atom is -0.481 e. The summed E-state index contributed by atoms with van der Waals surface area (Å²) in [6.45, 7) is 1.86. The van der Waals surface area contributed by atoms with E-state index < -0.39 is 29.9 Å². The Morgan fingerprint density at radius 1 is 1.25 bits per heavy atom. The molecule has 0 bridgehead atoms. The maximum Gasteiger partial charge on any atom is 0.327 e. The molecule has 0 aliphatic rings. The van der Waals surface area contributed by atoms with Gasteiger partial charge in [0.25, 0.3) is 0 Å². The monoisotopic (exact) mass is 232 g/mol. The molecule has 0 spiro atoms. The van der Waals surface area contributed by atoms with Crippen molar-refractivity contribution in [3.63, 3.8) is 0 Å². The Morgan fingerprint density at radius 3 is 2.12 bits per heavy atom. The molecule has 92 valence electrons. The zero-order valence-corrected chi connectivity index (χ0v) is 8.97. The second kappa shape index (κ2) is 6.65. The number of carbonyl (C=O) groups excluding carboxylic acids is 1. The van der Waals surface area contributed by atoms with E-state index in [-0.39, 0.29) is 6.42 Å². The molecule has 0 aliphatic heterocycles. The van der Waals surface area contributed by atoms with Gasteiger partial charge in [0.1, 0.15) is 6.04 Å². The second-order valence-corrected chi connectivity index (χ2v) is 3.41. The molecule has 0 aromatic carbocycles. The van der Waals surface area contributed by atoms with Gasteiger partial charge in [0, 0.05) is 0 Å². The summed E-state index contributed by atoms with van der Waals surface area (Å²) in [5.74, 6) is -3.82. The van der Waals surface area contributed by atoms with Crippen LogP contribution in [0.15, 0.2) is 0 Å². The molecule has 7 nitrogen and oxygen atoms in total. The number of rotatable bonds is 7. The lowest BCUT2D eigenvalue weighted by molar-refractivity contribution is -0.150. The van der Waals surface area contributed by atoms with Gasteiger partial charge in [-0.05, 0) is 6.42 Å². The predicted molar refractivity (Wildman–Crippen MR) is 54.8 cm³/mol. The van der Waals surface area contributed by atoms with Crippen molar-refractivity contribution in [2.45, 2.75) is 32.2 Å². The maximum atomic E-state index is 10.9. The highest BCUT2D eigenvalue weighted by atomic mass is 16.4. The molecule has 0 unspecified atom stereocenters. The largest absolute Gasteiger partial charge is 0.481 e. The molecule has 0 aromatic heterocycles. The van der Waals surface area contributed by atoms with Crippen LogP contribution in [-0.2, 0) is 9.59 Å². The number of nitrogens with one attached hydrogen (secondary N) is 1. The fraction of sp³-hybridized carbons (Fsp3) is 0.667. The van der Waals surface area contributed by atoms with Crippen molar-refractivity contribution in [1.29, 1.82) is 0 Å². The van der Waals surface area contributed by atoms with Crippen molar-refractivity contribution in [3.8, 4) is 0 Å². The zero-order valence-electron chi connectivity index (χ0n) is 8.97. The Bertz CT molecular complexity index is 279. The molecule has 16 heavy (non-hydrogen) atoms. The highest BCUT2D eigenvalue weighted by Gasteiger charge is 2.33. The molecule has 7 heteroatoms. The number of amides is 2. The molecule has 0 aromatic rings. The molecule has 0 radical (unpaired) electrons.